The van der Waals surface area contributed by atoms with Gasteiger partial charge in [0.1, 0.15) is 11.5 Å². The molecule has 2 aliphatic rings. The van der Waals surface area contributed by atoms with Gasteiger partial charge in [-0.15, -0.1) is 0 Å². The first-order valence-corrected chi connectivity index (χ1v) is 10.2. The second kappa shape index (κ2) is 8.86. The Bertz CT molecular complexity index is 843. The maximum atomic E-state index is 13.2. The van der Waals surface area contributed by atoms with Gasteiger partial charge in [0, 0.05) is 44.7 Å². The first kappa shape index (κ1) is 19.8. The molecule has 0 N–H and O–H groups in total. The second-order valence-electron chi connectivity index (χ2n) is 7.71. The predicted molar refractivity (Wildman–Crippen MR) is 106 cm³/mol. The zero-order chi connectivity index (χ0) is 20.2. The van der Waals surface area contributed by atoms with Crippen molar-refractivity contribution in [3.8, 4) is 11.6 Å². The van der Waals surface area contributed by atoms with Crippen molar-refractivity contribution < 1.29 is 23.5 Å². The molecule has 1 aromatic carbocycles. The van der Waals surface area contributed by atoms with E-state index in [-0.39, 0.29) is 11.9 Å². The minimum absolute atomic E-state index is 0.151. The Kier molecular flexibility index (Phi) is 6.04. The van der Waals surface area contributed by atoms with Crippen LogP contribution >= 0.6 is 0 Å². The summed E-state index contributed by atoms with van der Waals surface area (Å²) in [4.78, 5) is 15.3. The molecular formula is C22H28N2O5. The average Bonchev–Trinajstić information content (AvgIpc) is 3.25. The van der Waals surface area contributed by atoms with Crippen LogP contribution in [-0.4, -0.2) is 49.4 Å². The van der Waals surface area contributed by atoms with Gasteiger partial charge in [0.15, 0.2) is 0 Å². The van der Waals surface area contributed by atoms with Crippen molar-refractivity contribution in [2.24, 2.45) is 5.92 Å². The Balaban J connectivity index is 1.51. The van der Waals surface area contributed by atoms with Crippen molar-refractivity contribution in [2.45, 2.75) is 44.7 Å². The summed E-state index contributed by atoms with van der Waals surface area (Å²) in [6.07, 6.45) is 3.75. The summed E-state index contributed by atoms with van der Waals surface area (Å²) in [6, 6.07) is 8.09. The third-order valence-corrected chi connectivity index (χ3v) is 6.05. The van der Waals surface area contributed by atoms with Gasteiger partial charge in [-0.25, -0.2) is 0 Å². The molecule has 0 bridgehead atoms. The summed E-state index contributed by atoms with van der Waals surface area (Å²) in [5, 5.41) is 3.81. The monoisotopic (exact) mass is 400 g/mol. The minimum Gasteiger partial charge on any atom is -0.497 e. The number of methoxy groups -OCH3 is 2. The Morgan fingerprint density at radius 1 is 1.17 bits per heavy atom. The van der Waals surface area contributed by atoms with E-state index in [2.05, 4.69) is 22.2 Å². The Morgan fingerprint density at radius 3 is 2.72 bits per heavy atom. The van der Waals surface area contributed by atoms with Gasteiger partial charge in [0.05, 0.1) is 14.2 Å². The molecule has 1 aromatic heterocycles. The highest BCUT2D eigenvalue weighted by Crippen LogP contribution is 2.34. The van der Waals surface area contributed by atoms with E-state index < -0.39 is 0 Å². The summed E-state index contributed by atoms with van der Waals surface area (Å²) >= 11 is 0. The fourth-order valence-corrected chi connectivity index (χ4v) is 4.39. The van der Waals surface area contributed by atoms with Crippen LogP contribution in [-0.2, 0) is 28.9 Å². The second-order valence-corrected chi connectivity index (χ2v) is 7.71. The molecule has 7 heteroatoms. The summed E-state index contributed by atoms with van der Waals surface area (Å²) in [5.41, 5.74) is 2.48. The third kappa shape index (κ3) is 4.40. The van der Waals surface area contributed by atoms with E-state index in [0.717, 1.165) is 38.2 Å². The van der Waals surface area contributed by atoms with Crippen LogP contribution in [0.4, 0.5) is 0 Å². The van der Waals surface area contributed by atoms with Crippen LogP contribution < -0.4 is 9.47 Å². The van der Waals surface area contributed by atoms with Crippen LogP contribution in [0.3, 0.4) is 0 Å². The predicted octanol–water partition coefficient (Wildman–Crippen LogP) is 3.00. The molecule has 4 rings (SSSR count). The molecule has 0 radical (unpaired) electrons. The molecule has 3 heterocycles. The molecule has 2 aromatic rings. The Hall–Kier alpha value is -2.54. The number of hydrogen-bond acceptors (Lipinski definition) is 6. The van der Waals surface area contributed by atoms with E-state index in [4.69, 9.17) is 18.7 Å². The maximum absolute atomic E-state index is 13.2. The summed E-state index contributed by atoms with van der Waals surface area (Å²) < 4.78 is 21.3. The normalized spacial score (nSPS) is 19.7. The fourth-order valence-electron chi connectivity index (χ4n) is 4.39. The Morgan fingerprint density at radius 2 is 2.00 bits per heavy atom. The number of nitrogens with zero attached hydrogens (tertiary/aromatic N) is 2. The smallest absolute Gasteiger partial charge is 0.254 e. The van der Waals surface area contributed by atoms with Gasteiger partial charge < -0.3 is 23.6 Å². The molecule has 0 saturated carbocycles. The molecule has 7 nitrogen and oxygen atoms in total. The molecular weight excluding hydrogens is 372 g/mol. The number of benzene rings is 1. The number of fused-ring (bicyclic) bond motifs is 1. The highest BCUT2D eigenvalue weighted by molar-refractivity contribution is 5.77. The van der Waals surface area contributed by atoms with Crippen LogP contribution in [0, 0.1) is 5.92 Å². The number of rotatable bonds is 6. The summed E-state index contributed by atoms with van der Waals surface area (Å²) in [5.74, 6) is 2.58. The van der Waals surface area contributed by atoms with Gasteiger partial charge in [-0.2, -0.15) is 0 Å². The first-order chi connectivity index (χ1) is 14.2. The Labute approximate surface area is 170 Å². The largest absolute Gasteiger partial charge is 0.497 e. The van der Waals surface area contributed by atoms with E-state index in [1.807, 2.05) is 6.07 Å². The first-order valence-electron chi connectivity index (χ1n) is 10.2. The van der Waals surface area contributed by atoms with Gasteiger partial charge in [-0.05, 0) is 53.6 Å². The lowest BCUT2D eigenvalue weighted by atomic mass is 9.82. The topological polar surface area (TPSA) is 74.0 Å². The number of hydrogen-bond donors (Lipinski definition) is 0. The summed E-state index contributed by atoms with van der Waals surface area (Å²) in [6.45, 7) is 2.18. The fraction of sp³-hybridized carbons (Fsp3) is 0.545. The lowest BCUT2D eigenvalue weighted by molar-refractivity contribution is -0.137. The quantitative estimate of drug-likeness (QED) is 0.742. The van der Waals surface area contributed by atoms with E-state index in [0.29, 0.717) is 36.9 Å². The average molecular weight is 400 g/mol. The van der Waals surface area contributed by atoms with Crippen molar-refractivity contribution in [2.75, 3.05) is 27.4 Å². The lowest BCUT2D eigenvalue weighted by Gasteiger charge is -2.42. The number of carbonyl (C=O) groups is 1. The van der Waals surface area contributed by atoms with Crippen molar-refractivity contribution in [1.29, 1.82) is 0 Å². The third-order valence-electron chi connectivity index (χ3n) is 6.05. The zero-order valence-electron chi connectivity index (χ0n) is 17.1. The van der Waals surface area contributed by atoms with Gasteiger partial charge in [-0.3, -0.25) is 4.79 Å². The SMILES string of the molecule is COc1ccc2c(c1)C[C@@H](C1CCOCC1)N(C(=O)CCc1cc(OC)no1)C2. The molecule has 0 spiro atoms. The van der Waals surface area contributed by atoms with E-state index >= 15 is 0 Å². The molecule has 1 fully saturated rings. The van der Waals surface area contributed by atoms with Gasteiger partial charge >= 0.3 is 0 Å². The zero-order valence-corrected chi connectivity index (χ0v) is 17.1. The van der Waals surface area contributed by atoms with E-state index in [1.165, 1.54) is 11.1 Å². The van der Waals surface area contributed by atoms with Crippen LogP contribution in [0.1, 0.15) is 36.1 Å². The molecule has 29 heavy (non-hydrogen) atoms. The van der Waals surface area contributed by atoms with Crippen LogP contribution in [0.5, 0.6) is 11.6 Å². The molecule has 1 atom stereocenters. The molecule has 1 amide bonds. The standard InChI is InChI=1S/C22H28N2O5/c1-26-18-4-3-16-14-24(22(25)6-5-19-13-21(27-2)23-29-19)20(12-17(16)11-18)15-7-9-28-10-8-15/h3-4,11,13,15,20H,5-10,12,14H2,1-2H3/t20-/m0/s1. The van der Waals surface area contributed by atoms with E-state index in [1.54, 1.807) is 20.3 Å². The number of aromatic nitrogens is 1. The number of aryl methyl sites for hydroxylation is 1. The highest BCUT2D eigenvalue weighted by Gasteiger charge is 2.35. The molecule has 1 saturated heterocycles. The number of ether oxygens (including phenoxy) is 3. The number of carbonyl (C=O) groups excluding carboxylic acids is 1. The van der Waals surface area contributed by atoms with Crippen LogP contribution in [0.2, 0.25) is 0 Å². The maximum Gasteiger partial charge on any atom is 0.254 e. The van der Waals surface area contributed by atoms with Gasteiger partial charge in [0.25, 0.3) is 5.88 Å². The van der Waals surface area contributed by atoms with E-state index in [9.17, 15) is 4.79 Å². The molecule has 0 unspecified atom stereocenters. The van der Waals surface area contributed by atoms with Crippen molar-refractivity contribution in [1.82, 2.24) is 10.1 Å². The molecule has 156 valence electrons. The molecule has 0 aliphatic carbocycles. The molecule has 2 aliphatic heterocycles. The highest BCUT2D eigenvalue weighted by atomic mass is 16.5. The number of amides is 1. The van der Waals surface area contributed by atoms with Crippen molar-refractivity contribution in [3.63, 3.8) is 0 Å². The van der Waals surface area contributed by atoms with Crippen LogP contribution in [0.25, 0.3) is 0 Å². The van der Waals surface area contributed by atoms with Crippen molar-refractivity contribution >= 4 is 5.91 Å². The minimum atomic E-state index is 0.151. The van der Waals surface area contributed by atoms with Gasteiger partial charge in [0.2, 0.25) is 5.91 Å². The van der Waals surface area contributed by atoms with Gasteiger partial charge in [-0.1, -0.05) is 6.07 Å². The summed E-state index contributed by atoms with van der Waals surface area (Å²) in [7, 11) is 3.24. The van der Waals surface area contributed by atoms with Crippen LogP contribution in [0.15, 0.2) is 28.8 Å². The van der Waals surface area contributed by atoms with Crippen molar-refractivity contribution in [3.05, 3.63) is 41.2 Å². The lowest BCUT2D eigenvalue weighted by Crippen LogP contribution is -2.49.